The van der Waals surface area contributed by atoms with Crippen LogP contribution in [-0.4, -0.2) is 29.8 Å². The van der Waals surface area contributed by atoms with Crippen molar-refractivity contribution in [3.63, 3.8) is 0 Å². The fraction of sp³-hybridized carbons (Fsp3) is 0.619. The molecule has 0 radical (unpaired) electrons. The first-order chi connectivity index (χ1) is 13.0. The Kier molecular flexibility index (Phi) is 4.62. The largest absolute Gasteiger partial charge is 0.472 e. The number of aliphatic hydroxyl groups excluding tert-OH is 1. The molecule has 3 aliphatic rings. The smallest absolute Gasteiger partial charge is 0.313 e. The van der Waals surface area contributed by atoms with Crippen LogP contribution in [0.2, 0.25) is 0 Å². The molecule has 1 spiro atoms. The third-order valence-corrected chi connectivity index (χ3v) is 6.74. The summed E-state index contributed by atoms with van der Waals surface area (Å²) in [6, 6.07) is 1.84. The van der Waals surface area contributed by atoms with Gasteiger partial charge in [-0.3, -0.25) is 9.59 Å². The van der Waals surface area contributed by atoms with Gasteiger partial charge in [-0.15, -0.1) is 0 Å². The third-order valence-electron chi connectivity index (χ3n) is 6.74. The lowest BCUT2D eigenvalue weighted by atomic mass is 9.53. The molecule has 1 aromatic heterocycles. The Labute approximate surface area is 158 Å². The molecular formula is C21H26O6. The highest BCUT2D eigenvalue weighted by Crippen LogP contribution is 2.61. The van der Waals surface area contributed by atoms with Gasteiger partial charge in [0, 0.05) is 24.8 Å². The maximum absolute atomic E-state index is 13.2. The predicted molar refractivity (Wildman–Crippen MR) is 95.4 cm³/mol. The molecule has 2 aliphatic carbocycles. The summed E-state index contributed by atoms with van der Waals surface area (Å²) in [5, 5.41) is 9.92. The number of hydrogen-bond acceptors (Lipinski definition) is 6. The second kappa shape index (κ2) is 6.82. The first-order valence-corrected chi connectivity index (χ1v) is 9.70. The lowest BCUT2D eigenvalue weighted by Gasteiger charge is -2.49. The van der Waals surface area contributed by atoms with Crippen molar-refractivity contribution in [2.24, 2.45) is 17.3 Å². The molecule has 6 nitrogen and oxygen atoms in total. The van der Waals surface area contributed by atoms with E-state index in [4.69, 9.17) is 13.9 Å². The average Bonchev–Trinajstić information content (AvgIpc) is 3.27. The summed E-state index contributed by atoms with van der Waals surface area (Å²) in [6.45, 7) is 3.40. The number of fused-ring (bicyclic) bond motifs is 2. The molecule has 146 valence electrons. The molecule has 1 unspecified atom stereocenters. The zero-order valence-corrected chi connectivity index (χ0v) is 15.8. The number of aliphatic hydroxyl groups is 1. The van der Waals surface area contributed by atoms with Crippen LogP contribution in [-0.2, 0) is 19.1 Å². The lowest BCUT2D eigenvalue weighted by molar-refractivity contribution is -0.159. The molecule has 2 fully saturated rings. The van der Waals surface area contributed by atoms with Gasteiger partial charge < -0.3 is 19.0 Å². The number of carbonyl (C=O) groups excluding carboxylic acids is 2. The van der Waals surface area contributed by atoms with E-state index >= 15 is 0 Å². The lowest BCUT2D eigenvalue weighted by Crippen LogP contribution is -2.51. The van der Waals surface area contributed by atoms with Gasteiger partial charge in [0.2, 0.25) is 0 Å². The van der Waals surface area contributed by atoms with E-state index in [1.165, 1.54) is 6.92 Å². The molecule has 1 aliphatic heterocycles. The fourth-order valence-corrected chi connectivity index (χ4v) is 5.54. The highest BCUT2D eigenvalue weighted by molar-refractivity contribution is 5.81. The van der Waals surface area contributed by atoms with Gasteiger partial charge in [-0.1, -0.05) is 6.92 Å². The van der Waals surface area contributed by atoms with Crippen LogP contribution in [0, 0.1) is 17.3 Å². The van der Waals surface area contributed by atoms with Crippen molar-refractivity contribution in [2.75, 3.05) is 6.61 Å². The number of ether oxygens (including phenoxy) is 2. The Morgan fingerprint density at radius 2 is 2.26 bits per heavy atom. The van der Waals surface area contributed by atoms with Gasteiger partial charge in [-0.25, -0.2) is 0 Å². The normalized spacial score (nSPS) is 35.9. The summed E-state index contributed by atoms with van der Waals surface area (Å²) < 4.78 is 16.6. The summed E-state index contributed by atoms with van der Waals surface area (Å²) in [5.74, 6) is -0.560. The molecule has 0 bridgehead atoms. The Hall–Kier alpha value is -2.08. The number of rotatable bonds is 3. The zero-order chi connectivity index (χ0) is 19.2. The zero-order valence-electron chi connectivity index (χ0n) is 15.8. The van der Waals surface area contributed by atoms with E-state index in [2.05, 4.69) is 6.92 Å². The van der Waals surface area contributed by atoms with Crippen LogP contribution in [0.15, 0.2) is 34.2 Å². The molecule has 1 saturated carbocycles. The number of furan rings is 1. The standard InChI is InChI=1S/C21H26O6/c1-12-8-17(26-13(2)23)19-14(10-22)4-3-5-16(19)21(12)9-18(27-20(21)24)15-6-7-25-11-15/h6-7,11-12,16-18,22H,3-5,8-10H2,1-2H3/t12-,16+,17-,18?,21-/m1/s1. The van der Waals surface area contributed by atoms with Gasteiger partial charge in [0.25, 0.3) is 0 Å². The Morgan fingerprint density at radius 3 is 2.93 bits per heavy atom. The van der Waals surface area contributed by atoms with Crippen LogP contribution >= 0.6 is 0 Å². The number of carbonyl (C=O) groups is 2. The molecule has 0 aromatic carbocycles. The monoisotopic (exact) mass is 374 g/mol. The van der Waals surface area contributed by atoms with Crippen molar-refractivity contribution < 1.29 is 28.6 Å². The SMILES string of the molecule is CC(=O)O[C@@H]1C[C@@H](C)[C@]2(CC(c3ccoc3)OC2=O)[C@H]2CCCC(CO)=C12. The van der Waals surface area contributed by atoms with Crippen molar-refractivity contribution in [3.05, 3.63) is 35.3 Å². The first-order valence-electron chi connectivity index (χ1n) is 9.70. The Morgan fingerprint density at radius 1 is 1.44 bits per heavy atom. The van der Waals surface area contributed by atoms with Crippen LogP contribution in [0.1, 0.15) is 57.6 Å². The quantitative estimate of drug-likeness (QED) is 0.645. The van der Waals surface area contributed by atoms with Crippen molar-refractivity contribution >= 4 is 11.9 Å². The van der Waals surface area contributed by atoms with Gasteiger partial charge in [-0.05, 0) is 48.8 Å². The minimum Gasteiger partial charge on any atom is -0.472 e. The summed E-state index contributed by atoms with van der Waals surface area (Å²) in [7, 11) is 0. The van der Waals surface area contributed by atoms with Gasteiger partial charge in [0.05, 0.1) is 24.5 Å². The van der Waals surface area contributed by atoms with Crippen molar-refractivity contribution in [3.8, 4) is 0 Å². The predicted octanol–water partition coefficient (Wildman–Crippen LogP) is 3.31. The minimum absolute atomic E-state index is 0.0121. The topological polar surface area (TPSA) is 86.0 Å². The first kappa shape index (κ1) is 18.3. The molecule has 0 amide bonds. The highest BCUT2D eigenvalue weighted by atomic mass is 16.6. The maximum atomic E-state index is 13.2. The van der Waals surface area contributed by atoms with Crippen LogP contribution in [0.5, 0.6) is 0 Å². The summed E-state index contributed by atoms with van der Waals surface area (Å²) >= 11 is 0. The van der Waals surface area contributed by atoms with E-state index < -0.39 is 5.41 Å². The molecule has 5 atom stereocenters. The molecule has 1 saturated heterocycles. The van der Waals surface area contributed by atoms with Gasteiger partial charge in [-0.2, -0.15) is 0 Å². The maximum Gasteiger partial charge on any atom is 0.313 e. The fourth-order valence-electron chi connectivity index (χ4n) is 5.54. The summed E-state index contributed by atoms with van der Waals surface area (Å²) in [5.41, 5.74) is 2.11. The van der Waals surface area contributed by atoms with Crippen LogP contribution in [0.25, 0.3) is 0 Å². The number of cyclic esters (lactones) is 1. The summed E-state index contributed by atoms with van der Waals surface area (Å²) in [4.78, 5) is 24.9. The van der Waals surface area contributed by atoms with Crippen molar-refractivity contribution in [2.45, 2.75) is 58.2 Å². The molecule has 4 rings (SSSR count). The molecule has 2 heterocycles. The van der Waals surface area contributed by atoms with Crippen molar-refractivity contribution in [1.29, 1.82) is 0 Å². The number of hydrogen-bond donors (Lipinski definition) is 1. The van der Waals surface area contributed by atoms with Crippen LogP contribution < -0.4 is 0 Å². The van der Waals surface area contributed by atoms with E-state index in [0.717, 1.165) is 36.0 Å². The van der Waals surface area contributed by atoms with Gasteiger partial charge >= 0.3 is 11.9 Å². The van der Waals surface area contributed by atoms with Gasteiger partial charge in [0.15, 0.2) is 0 Å². The third kappa shape index (κ3) is 2.81. The second-order valence-electron chi connectivity index (χ2n) is 8.09. The van der Waals surface area contributed by atoms with Crippen LogP contribution in [0.3, 0.4) is 0 Å². The molecule has 1 N–H and O–H groups in total. The van der Waals surface area contributed by atoms with E-state index in [1.54, 1.807) is 12.5 Å². The summed E-state index contributed by atoms with van der Waals surface area (Å²) in [6.07, 6.45) is 6.23. The van der Waals surface area contributed by atoms with E-state index in [0.29, 0.717) is 12.8 Å². The van der Waals surface area contributed by atoms with Crippen LogP contribution in [0.4, 0.5) is 0 Å². The van der Waals surface area contributed by atoms with E-state index in [9.17, 15) is 14.7 Å². The van der Waals surface area contributed by atoms with Gasteiger partial charge in [0.1, 0.15) is 12.2 Å². The molecular weight excluding hydrogens is 348 g/mol. The molecule has 27 heavy (non-hydrogen) atoms. The average molecular weight is 374 g/mol. The van der Waals surface area contributed by atoms with E-state index in [1.807, 2.05) is 6.07 Å². The Balaban J connectivity index is 1.76. The number of esters is 2. The van der Waals surface area contributed by atoms with Crippen molar-refractivity contribution in [1.82, 2.24) is 0 Å². The Bertz CT molecular complexity index is 764. The van der Waals surface area contributed by atoms with E-state index in [-0.39, 0.29) is 42.6 Å². The second-order valence-corrected chi connectivity index (χ2v) is 8.09. The molecule has 6 heteroatoms. The molecule has 1 aromatic rings. The highest BCUT2D eigenvalue weighted by Gasteiger charge is 2.62. The minimum atomic E-state index is -0.644.